The van der Waals surface area contributed by atoms with Crippen molar-refractivity contribution in [2.24, 2.45) is 5.14 Å². The molecular weight excluding hydrogens is 282 g/mol. The second-order valence-electron chi connectivity index (χ2n) is 4.24. The number of ether oxygens (including phenoxy) is 1. The molecule has 0 saturated carbocycles. The number of primary sulfonamides is 1. The minimum Gasteiger partial charge on any atom is -0.383 e. The van der Waals surface area contributed by atoms with Gasteiger partial charge in [0.15, 0.2) is 0 Å². The number of nitrogens with two attached hydrogens (primary N) is 1. The highest BCUT2D eigenvalue weighted by atomic mass is 32.2. The Hall–Kier alpha value is -1.48. The average Bonchev–Trinajstić information content (AvgIpc) is 2.36. The van der Waals surface area contributed by atoms with Gasteiger partial charge in [-0.1, -0.05) is 6.07 Å². The molecule has 1 rings (SSSR count). The van der Waals surface area contributed by atoms with Crippen molar-refractivity contribution in [3.05, 3.63) is 23.8 Å². The molecule has 0 spiro atoms. The summed E-state index contributed by atoms with van der Waals surface area (Å²) in [4.78, 5) is 11.7. The first-order chi connectivity index (χ1) is 9.34. The van der Waals surface area contributed by atoms with Gasteiger partial charge in [0.05, 0.1) is 18.0 Å². The van der Waals surface area contributed by atoms with Crippen LogP contribution in [0, 0.1) is 6.92 Å². The van der Waals surface area contributed by atoms with Crippen LogP contribution in [0.3, 0.4) is 0 Å². The molecule has 0 aliphatic carbocycles. The molecule has 1 aromatic rings. The summed E-state index contributed by atoms with van der Waals surface area (Å²) in [5, 5.41) is 10.6. The van der Waals surface area contributed by atoms with Crippen LogP contribution in [0.25, 0.3) is 0 Å². The zero-order valence-corrected chi connectivity index (χ0v) is 12.3. The summed E-state index contributed by atoms with van der Waals surface area (Å²) in [5.41, 5.74) is 1.18. The Labute approximate surface area is 118 Å². The van der Waals surface area contributed by atoms with Crippen molar-refractivity contribution in [2.75, 3.05) is 32.1 Å². The normalized spacial score (nSPS) is 11.3. The Morgan fingerprint density at radius 3 is 2.70 bits per heavy atom. The first-order valence-corrected chi connectivity index (χ1v) is 7.52. The van der Waals surface area contributed by atoms with Gasteiger partial charge in [0.1, 0.15) is 0 Å². The molecule has 0 fully saturated rings. The standard InChI is InChI=1S/C12H19N3O4S/c1-9-3-4-10(20(13,17)18)7-11(9)15-12(16)8-14-5-6-19-2/h3-4,7,14H,5-6,8H2,1-2H3,(H,15,16)(H2,13,17,18). The molecule has 7 nitrogen and oxygen atoms in total. The van der Waals surface area contributed by atoms with Crippen molar-refractivity contribution in [3.8, 4) is 0 Å². The van der Waals surface area contributed by atoms with Crippen LogP contribution in [0.4, 0.5) is 5.69 Å². The number of methoxy groups -OCH3 is 1. The van der Waals surface area contributed by atoms with Gasteiger partial charge in [0.25, 0.3) is 0 Å². The monoisotopic (exact) mass is 301 g/mol. The number of aryl methyl sites for hydroxylation is 1. The maximum atomic E-state index is 11.7. The molecule has 0 aromatic heterocycles. The highest BCUT2D eigenvalue weighted by molar-refractivity contribution is 7.89. The minimum absolute atomic E-state index is 0.0363. The summed E-state index contributed by atoms with van der Waals surface area (Å²) >= 11 is 0. The molecule has 0 saturated heterocycles. The molecule has 0 aliphatic heterocycles. The largest absolute Gasteiger partial charge is 0.383 e. The molecule has 8 heteroatoms. The first-order valence-electron chi connectivity index (χ1n) is 5.97. The zero-order chi connectivity index (χ0) is 15.2. The Morgan fingerprint density at radius 2 is 2.10 bits per heavy atom. The summed E-state index contributed by atoms with van der Waals surface area (Å²) in [5.74, 6) is -0.268. The van der Waals surface area contributed by atoms with Crippen molar-refractivity contribution >= 4 is 21.6 Å². The summed E-state index contributed by atoms with van der Waals surface area (Å²) in [6.07, 6.45) is 0. The van der Waals surface area contributed by atoms with Gasteiger partial charge in [-0.2, -0.15) is 0 Å². The molecule has 112 valence electrons. The predicted molar refractivity (Wildman–Crippen MR) is 75.9 cm³/mol. The number of anilines is 1. The van der Waals surface area contributed by atoms with Crippen molar-refractivity contribution in [1.29, 1.82) is 0 Å². The number of hydrogen-bond acceptors (Lipinski definition) is 5. The first kappa shape index (κ1) is 16.6. The van der Waals surface area contributed by atoms with Gasteiger partial charge in [0.2, 0.25) is 15.9 Å². The molecular formula is C12H19N3O4S. The number of nitrogens with one attached hydrogen (secondary N) is 2. The van der Waals surface area contributed by atoms with E-state index in [9.17, 15) is 13.2 Å². The summed E-state index contributed by atoms with van der Waals surface area (Å²) in [6, 6.07) is 4.34. The smallest absolute Gasteiger partial charge is 0.238 e. The van der Waals surface area contributed by atoms with Crippen LogP contribution in [0.2, 0.25) is 0 Å². The topological polar surface area (TPSA) is 111 Å². The van der Waals surface area contributed by atoms with E-state index in [1.54, 1.807) is 20.1 Å². The Morgan fingerprint density at radius 1 is 1.40 bits per heavy atom. The number of carbonyl (C=O) groups excluding carboxylic acids is 1. The van der Waals surface area contributed by atoms with Crippen molar-refractivity contribution in [3.63, 3.8) is 0 Å². The van der Waals surface area contributed by atoms with Gasteiger partial charge >= 0.3 is 0 Å². The lowest BCUT2D eigenvalue weighted by Crippen LogP contribution is -2.30. The third-order valence-electron chi connectivity index (χ3n) is 2.58. The quantitative estimate of drug-likeness (QED) is 0.605. The van der Waals surface area contributed by atoms with E-state index < -0.39 is 10.0 Å². The highest BCUT2D eigenvalue weighted by Gasteiger charge is 2.11. The maximum Gasteiger partial charge on any atom is 0.238 e. The fraction of sp³-hybridized carbons (Fsp3) is 0.417. The molecule has 0 atom stereocenters. The Kier molecular flexibility index (Phi) is 6.08. The van der Waals surface area contributed by atoms with Crippen LogP contribution in [-0.2, 0) is 19.6 Å². The number of amides is 1. The van der Waals surface area contributed by atoms with E-state index in [0.29, 0.717) is 18.8 Å². The number of rotatable bonds is 7. The number of sulfonamides is 1. The van der Waals surface area contributed by atoms with E-state index in [4.69, 9.17) is 9.88 Å². The van der Waals surface area contributed by atoms with Gasteiger partial charge in [-0.15, -0.1) is 0 Å². The third kappa shape index (κ3) is 5.25. The van der Waals surface area contributed by atoms with Crippen LogP contribution in [0.15, 0.2) is 23.1 Å². The molecule has 4 N–H and O–H groups in total. The van der Waals surface area contributed by atoms with Gasteiger partial charge in [-0.3, -0.25) is 4.79 Å². The second kappa shape index (κ2) is 7.34. The Balaban J connectivity index is 2.69. The second-order valence-corrected chi connectivity index (χ2v) is 5.80. The summed E-state index contributed by atoms with van der Waals surface area (Å²) < 4.78 is 27.4. The van der Waals surface area contributed by atoms with E-state index in [-0.39, 0.29) is 17.3 Å². The van der Waals surface area contributed by atoms with Crippen LogP contribution < -0.4 is 15.8 Å². The highest BCUT2D eigenvalue weighted by Crippen LogP contribution is 2.19. The van der Waals surface area contributed by atoms with Crippen LogP contribution in [0.1, 0.15) is 5.56 Å². The minimum atomic E-state index is -3.79. The fourth-order valence-corrected chi connectivity index (χ4v) is 2.02. The van der Waals surface area contributed by atoms with Crippen LogP contribution in [0.5, 0.6) is 0 Å². The number of benzene rings is 1. The van der Waals surface area contributed by atoms with Gasteiger partial charge in [0, 0.05) is 19.3 Å². The molecule has 0 unspecified atom stereocenters. The third-order valence-corrected chi connectivity index (χ3v) is 3.49. The van der Waals surface area contributed by atoms with Crippen molar-refractivity contribution < 1.29 is 17.9 Å². The SMILES string of the molecule is COCCNCC(=O)Nc1cc(S(N)(=O)=O)ccc1C. The average molecular weight is 301 g/mol. The Bertz CT molecular complexity index is 572. The van der Waals surface area contributed by atoms with E-state index in [2.05, 4.69) is 10.6 Å². The predicted octanol–water partition coefficient (Wildman–Crippen LogP) is -0.183. The fourth-order valence-electron chi connectivity index (χ4n) is 1.48. The van der Waals surface area contributed by atoms with E-state index in [1.165, 1.54) is 12.1 Å². The zero-order valence-electron chi connectivity index (χ0n) is 11.5. The molecule has 0 aliphatic rings. The van der Waals surface area contributed by atoms with Crippen LogP contribution in [-0.4, -0.2) is 41.1 Å². The number of hydrogen-bond donors (Lipinski definition) is 3. The lowest BCUT2D eigenvalue weighted by Gasteiger charge is -2.10. The van der Waals surface area contributed by atoms with Crippen molar-refractivity contribution in [2.45, 2.75) is 11.8 Å². The van der Waals surface area contributed by atoms with Crippen LogP contribution >= 0.6 is 0 Å². The number of carbonyl (C=O) groups is 1. The summed E-state index contributed by atoms with van der Waals surface area (Å²) in [7, 11) is -2.21. The van der Waals surface area contributed by atoms with Crippen molar-refractivity contribution in [1.82, 2.24) is 5.32 Å². The summed E-state index contributed by atoms with van der Waals surface area (Å²) in [6.45, 7) is 2.94. The molecule has 0 radical (unpaired) electrons. The maximum absolute atomic E-state index is 11.7. The van der Waals surface area contributed by atoms with Gasteiger partial charge in [-0.05, 0) is 24.6 Å². The lowest BCUT2D eigenvalue weighted by molar-refractivity contribution is -0.115. The molecule has 0 bridgehead atoms. The molecule has 0 heterocycles. The van der Waals surface area contributed by atoms with E-state index in [1.807, 2.05) is 0 Å². The molecule has 20 heavy (non-hydrogen) atoms. The molecule has 1 amide bonds. The lowest BCUT2D eigenvalue weighted by atomic mass is 10.2. The van der Waals surface area contributed by atoms with E-state index in [0.717, 1.165) is 5.56 Å². The van der Waals surface area contributed by atoms with Gasteiger partial charge < -0.3 is 15.4 Å². The van der Waals surface area contributed by atoms with E-state index >= 15 is 0 Å². The van der Waals surface area contributed by atoms with Gasteiger partial charge in [-0.25, -0.2) is 13.6 Å². The molecule has 1 aromatic carbocycles.